The van der Waals surface area contributed by atoms with E-state index >= 15 is 0 Å². The van der Waals surface area contributed by atoms with Crippen LogP contribution in [0.1, 0.15) is 11.1 Å². The number of aromatic nitrogens is 2. The van der Waals surface area contributed by atoms with Gasteiger partial charge in [-0.15, -0.1) is 0 Å². The van der Waals surface area contributed by atoms with E-state index in [4.69, 9.17) is 5.73 Å². The summed E-state index contributed by atoms with van der Waals surface area (Å²) in [4.78, 5) is 15.6. The summed E-state index contributed by atoms with van der Waals surface area (Å²) in [6.07, 6.45) is 4.77. The number of nitrogens with two attached hydrogens (primary N) is 1. The average molecular weight is 228 g/mol. The third-order valence-electron chi connectivity index (χ3n) is 2.26. The van der Waals surface area contributed by atoms with Crippen LogP contribution in [0, 0.1) is 6.92 Å². The molecule has 0 aromatic carbocycles. The summed E-state index contributed by atoms with van der Waals surface area (Å²) < 4.78 is 1.28. The molecule has 0 spiro atoms. The van der Waals surface area contributed by atoms with Crippen molar-refractivity contribution in [2.75, 3.05) is 5.73 Å². The molecule has 2 rings (SSSR count). The Balaban J connectivity index is 2.29. The van der Waals surface area contributed by atoms with Gasteiger partial charge in [-0.2, -0.15) is 5.10 Å². The molecule has 2 aromatic heterocycles. The zero-order valence-electron chi connectivity index (χ0n) is 9.37. The molecule has 5 heteroatoms. The Kier molecular flexibility index (Phi) is 3.00. The summed E-state index contributed by atoms with van der Waals surface area (Å²) in [5.41, 5.74) is 6.77. The van der Waals surface area contributed by atoms with Crippen LogP contribution in [-0.4, -0.2) is 15.9 Å². The quantitative estimate of drug-likeness (QED) is 0.780. The molecule has 17 heavy (non-hydrogen) atoms. The van der Waals surface area contributed by atoms with Crippen molar-refractivity contribution in [3.63, 3.8) is 0 Å². The van der Waals surface area contributed by atoms with E-state index in [-0.39, 0.29) is 5.56 Å². The SMILES string of the molecule is Cc1cccn(/N=C/c2ccc(N)nc2)c1=O. The Morgan fingerprint density at radius 2 is 2.24 bits per heavy atom. The van der Waals surface area contributed by atoms with Crippen molar-refractivity contribution in [3.8, 4) is 0 Å². The maximum absolute atomic E-state index is 11.7. The lowest BCUT2D eigenvalue weighted by molar-refractivity contribution is 0.822. The fraction of sp³-hybridized carbons (Fsp3) is 0.0833. The minimum atomic E-state index is -0.132. The lowest BCUT2D eigenvalue weighted by atomic mass is 10.3. The van der Waals surface area contributed by atoms with Gasteiger partial charge < -0.3 is 5.73 Å². The Morgan fingerprint density at radius 3 is 2.94 bits per heavy atom. The zero-order chi connectivity index (χ0) is 12.3. The summed E-state index contributed by atoms with van der Waals surface area (Å²) in [5, 5.41) is 4.06. The Labute approximate surface area is 98.2 Å². The number of nitrogen functional groups attached to an aromatic ring is 1. The van der Waals surface area contributed by atoms with Crippen molar-refractivity contribution in [1.29, 1.82) is 0 Å². The highest BCUT2D eigenvalue weighted by atomic mass is 16.1. The summed E-state index contributed by atoms with van der Waals surface area (Å²) in [6, 6.07) is 6.99. The van der Waals surface area contributed by atoms with Gasteiger partial charge in [-0.3, -0.25) is 4.79 Å². The molecule has 2 heterocycles. The summed E-state index contributed by atoms with van der Waals surface area (Å²) in [6.45, 7) is 1.75. The molecule has 0 aliphatic rings. The van der Waals surface area contributed by atoms with Gasteiger partial charge in [-0.1, -0.05) is 6.07 Å². The molecular weight excluding hydrogens is 216 g/mol. The minimum Gasteiger partial charge on any atom is -0.384 e. The molecule has 0 aliphatic heterocycles. The topological polar surface area (TPSA) is 73.3 Å². The summed E-state index contributed by atoms with van der Waals surface area (Å²) in [7, 11) is 0. The predicted octanol–water partition coefficient (Wildman–Crippen LogP) is 1.02. The number of pyridine rings is 2. The molecule has 0 unspecified atom stereocenters. The monoisotopic (exact) mass is 228 g/mol. The first-order valence-corrected chi connectivity index (χ1v) is 5.11. The molecule has 0 saturated heterocycles. The molecular formula is C12H12N4O. The van der Waals surface area contributed by atoms with E-state index in [0.29, 0.717) is 11.4 Å². The number of hydrogen-bond acceptors (Lipinski definition) is 4. The number of nitrogens with zero attached hydrogens (tertiary/aromatic N) is 3. The van der Waals surface area contributed by atoms with E-state index in [9.17, 15) is 4.79 Å². The van der Waals surface area contributed by atoms with Crippen molar-refractivity contribution in [3.05, 3.63) is 58.1 Å². The molecule has 0 saturated carbocycles. The number of anilines is 1. The highest BCUT2D eigenvalue weighted by Gasteiger charge is 1.95. The Bertz CT molecular complexity index is 599. The summed E-state index contributed by atoms with van der Waals surface area (Å²) in [5.74, 6) is 0.454. The van der Waals surface area contributed by atoms with Crippen molar-refractivity contribution in [2.45, 2.75) is 6.92 Å². The first kappa shape index (κ1) is 11.1. The van der Waals surface area contributed by atoms with Crippen molar-refractivity contribution in [1.82, 2.24) is 9.66 Å². The van der Waals surface area contributed by atoms with Crippen LogP contribution < -0.4 is 11.3 Å². The van der Waals surface area contributed by atoms with Gasteiger partial charge in [-0.05, 0) is 25.1 Å². The van der Waals surface area contributed by atoms with Gasteiger partial charge in [0.25, 0.3) is 5.56 Å². The van der Waals surface area contributed by atoms with E-state index in [2.05, 4.69) is 10.1 Å². The number of rotatable bonds is 2. The predicted molar refractivity (Wildman–Crippen MR) is 67.1 cm³/mol. The summed E-state index contributed by atoms with van der Waals surface area (Å²) >= 11 is 0. The van der Waals surface area contributed by atoms with Crippen LogP contribution in [0.4, 0.5) is 5.82 Å². The first-order valence-electron chi connectivity index (χ1n) is 5.11. The maximum Gasteiger partial charge on any atom is 0.273 e. The van der Waals surface area contributed by atoms with E-state index in [1.807, 2.05) is 0 Å². The smallest absolute Gasteiger partial charge is 0.273 e. The fourth-order valence-corrected chi connectivity index (χ4v) is 1.30. The lowest BCUT2D eigenvalue weighted by Gasteiger charge is -1.98. The Hall–Kier alpha value is -2.43. The molecule has 2 aromatic rings. The number of aryl methyl sites for hydroxylation is 1. The highest BCUT2D eigenvalue weighted by molar-refractivity contribution is 5.79. The second-order valence-electron chi connectivity index (χ2n) is 3.60. The Morgan fingerprint density at radius 1 is 1.41 bits per heavy atom. The molecule has 5 nitrogen and oxygen atoms in total. The molecule has 86 valence electrons. The average Bonchev–Trinajstić information content (AvgIpc) is 2.33. The van der Waals surface area contributed by atoms with E-state index in [0.717, 1.165) is 5.56 Å². The van der Waals surface area contributed by atoms with Gasteiger partial charge in [0.1, 0.15) is 5.82 Å². The third-order valence-corrected chi connectivity index (χ3v) is 2.26. The minimum absolute atomic E-state index is 0.132. The molecule has 2 N–H and O–H groups in total. The number of hydrogen-bond donors (Lipinski definition) is 1. The molecule has 0 aliphatic carbocycles. The standard InChI is InChI=1S/C12H12N4O/c1-9-3-2-6-16(12(9)17)15-8-10-4-5-11(13)14-7-10/h2-8H,1H3,(H2,13,14)/b15-8+. The van der Waals surface area contributed by atoms with E-state index in [1.54, 1.807) is 49.8 Å². The van der Waals surface area contributed by atoms with Gasteiger partial charge in [0.05, 0.1) is 6.21 Å². The largest absolute Gasteiger partial charge is 0.384 e. The first-order chi connectivity index (χ1) is 8.16. The molecule has 0 fully saturated rings. The lowest BCUT2D eigenvalue weighted by Crippen LogP contribution is -2.17. The van der Waals surface area contributed by atoms with Crippen LogP contribution in [-0.2, 0) is 0 Å². The van der Waals surface area contributed by atoms with Gasteiger partial charge in [0.2, 0.25) is 0 Å². The fourth-order valence-electron chi connectivity index (χ4n) is 1.30. The van der Waals surface area contributed by atoms with Crippen molar-refractivity contribution >= 4 is 12.0 Å². The molecule has 0 amide bonds. The molecule has 0 atom stereocenters. The van der Waals surface area contributed by atoms with Crippen LogP contribution in [0.5, 0.6) is 0 Å². The second-order valence-corrected chi connectivity index (χ2v) is 3.60. The van der Waals surface area contributed by atoms with E-state index < -0.39 is 0 Å². The van der Waals surface area contributed by atoms with Crippen LogP contribution in [0.15, 0.2) is 46.6 Å². The van der Waals surface area contributed by atoms with Crippen LogP contribution >= 0.6 is 0 Å². The van der Waals surface area contributed by atoms with Crippen LogP contribution in [0.3, 0.4) is 0 Å². The van der Waals surface area contributed by atoms with Gasteiger partial charge in [0, 0.05) is 23.5 Å². The van der Waals surface area contributed by atoms with Crippen molar-refractivity contribution < 1.29 is 0 Å². The third kappa shape index (κ3) is 2.57. The molecule has 0 radical (unpaired) electrons. The van der Waals surface area contributed by atoms with Gasteiger partial charge in [-0.25, -0.2) is 9.66 Å². The van der Waals surface area contributed by atoms with Crippen molar-refractivity contribution in [2.24, 2.45) is 5.10 Å². The van der Waals surface area contributed by atoms with Crippen LogP contribution in [0.2, 0.25) is 0 Å². The maximum atomic E-state index is 11.7. The van der Waals surface area contributed by atoms with Gasteiger partial charge >= 0.3 is 0 Å². The normalized spacial score (nSPS) is 10.9. The second kappa shape index (κ2) is 4.61. The molecule has 0 bridgehead atoms. The zero-order valence-corrected chi connectivity index (χ0v) is 9.37. The highest BCUT2D eigenvalue weighted by Crippen LogP contribution is 1.98. The van der Waals surface area contributed by atoms with Crippen LogP contribution in [0.25, 0.3) is 0 Å². The van der Waals surface area contributed by atoms with E-state index in [1.165, 1.54) is 4.68 Å². The van der Waals surface area contributed by atoms with Gasteiger partial charge in [0.15, 0.2) is 0 Å².